The molecule has 2 aromatic carbocycles. The summed E-state index contributed by atoms with van der Waals surface area (Å²) in [4.78, 5) is 37.5. The molecule has 2 aromatic heterocycles. The lowest BCUT2D eigenvalue weighted by Crippen LogP contribution is -2.25. The van der Waals surface area contributed by atoms with Crippen molar-refractivity contribution in [3.63, 3.8) is 0 Å². The van der Waals surface area contributed by atoms with Crippen LogP contribution in [0.5, 0.6) is 0 Å². The normalized spacial score (nSPS) is 12.9. The Balaban J connectivity index is 1.52. The van der Waals surface area contributed by atoms with E-state index >= 15 is 0 Å². The van der Waals surface area contributed by atoms with Crippen LogP contribution in [0.4, 0.5) is 0 Å². The van der Waals surface area contributed by atoms with E-state index in [-0.39, 0.29) is 17.9 Å². The monoisotopic (exact) mass is 416 g/mol. The first-order valence-electron chi connectivity index (χ1n) is 10.3. The summed E-state index contributed by atoms with van der Waals surface area (Å²) in [6.45, 7) is 2.02. The molecule has 0 unspecified atom stereocenters. The van der Waals surface area contributed by atoms with Gasteiger partial charge in [-0.2, -0.15) is 5.10 Å². The molecule has 0 amide bonds. The Hall–Kier alpha value is -3.74. The summed E-state index contributed by atoms with van der Waals surface area (Å²) < 4.78 is 12.2. The second kappa shape index (κ2) is 7.50. The third kappa shape index (κ3) is 3.32. The maximum absolute atomic E-state index is 12.9. The van der Waals surface area contributed by atoms with E-state index in [0.717, 1.165) is 24.6 Å². The Morgan fingerprint density at radius 3 is 2.58 bits per heavy atom. The fraction of sp³-hybridized carbons (Fsp3) is 0.250. The number of nitrogens with zero attached hydrogens (tertiary/aromatic N) is 2. The van der Waals surface area contributed by atoms with Gasteiger partial charge in [0.2, 0.25) is 0 Å². The van der Waals surface area contributed by atoms with Crippen molar-refractivity contribution in [2.24, 2.45) is 0 Å². The number of benzene rings is 2. The number of carbonyl (C=O) groups excluding carboxylic acids is 1. The molecule has 0 atom stereocenters. The molecule has 7 nitrogen and oxygen atoms in total. The lowest BCUT2D eigenvalue weighted by atomic mass is 10.0. The number of hydrogen-bond acceptors (Lipinski definition) is 6. The van der Waals surface area contributed by atoms with Crippen molar-refractivity contribution < 1.29 is 13.9 Å². The smallest absolute Gasteiger partial charge is 0.359 e. The molecule has 0 spiro atoms. The molecule has 0 aliphatic heterocycles. The van der Waals surface area contributed by atoms with Crippen LogP contribution >= 0.6 is 0 Å². The first kappa shape index (κ1) is 19.2. The zero-order valence-electron chi connectivity index (χ0n) is 17.0. The van der Waals surface area contributed by atoms with Crippen molar-refractivity contribution in [3.05, 3.63) is 85.6 Å². The van der Waals surface area contributed by atoms with E-state index in [0.29, 0.717) is 28.5 Å². The van der Waals surface area contributed by atoms with Crippen LogP contribution in [-0.2, 0) is 30.7 Å². The van der Waals surface area contributed by atoms with Gasteiger partial charge in [-0.1, -0.05) is 18.2 Å². The summed E-state index contributed by atoms with van der Waals surface area (Å²) in [5.74, 6) is -0.652. The number of esters is 1. The second-order valence-electron chi connectivity index (χ2n) is 7.65. The van der Waals surface area contributed by atoms with Gasteiger partial charge in [-0.15, -0.1) is 0 Å². The van der Waals surface area contributed by atoms with Crippen molar-refractivity contribution in [3.8, 4) is 0 Å². The van der Waals surface area contributed by atoms with Crippen LogP contribution < -0.4 is 11.2 Å². The molecule has 0 N–H and O–H groups in total. The second-order valence-corrected chi connectivity index (χ2v) is 7.65. The Labute approximate surface area is 176 Å². The van der Waals surface area contributed by atoms with Crippen LogP contribution in [0.15, 0.2) is 56.5 Å². The van der Waals surface area contributed by atoms with Crippen LogP contribution in [-0.4, -0.2) is 15.7 Å². The van der Waals surface area contributed by atoms with Gasteiger partial charge in [-0.05, 0) is 55.5 Å². The average Bonchev–Trinajstić information content (AvgIpc) is 3.23. The number of rotatable bonds is 4. The minimum atomic E-state index is -0.652. The van der Waals surface area contributed by atoms with Crippen LogP contribution in [0.3, 0.4) is 0 Å². The first-order valence-corrected chi connectivity index (χ1v) is 10.3. The standard InChI is InChI=1S/C24H20N2O5/c1-2-26-23(28)18-9-4-3-8-17(18)22(25-26)24(29)30-13-16-12-21(27)31-20-11-15-7-5-6-14(15)10-19(16)20/h3-4,8-12H,2,5-7,13H2,1H3. The van der Waals surface area contributed by atoms with Crippen molar-refractivity contribution in [1.82, 2.24) is 9.78 Å². The molecule has 31 heavy (non-hydrogen) atoms. The minimum Gasteiger partial charge on any atom is -0.456 e. The molecule has 156 valence electrons. The number of carbonyl (C=O) groups is 1. The van der Waals surface area contributed by atoms with Gasteiger partial charge < -0.3 is 9.15 Å². The van der Waals surface area contributed by atoms with Gasteiger partial charge >= 0.3 is 11.6 Å². The molecule has 0 saturated carbocycles. The summed E-state index contributed by atoms with van der Waals surface area (Å²) in [5.41, 5.74) is 2.85. The fourth-order valence-corrected chi connectivity index (χ4v) is 4.23. The van der Waals surface area contributed by atoms with E-state index in [1.54, 1.807) is 31.2 Å². The first-order chi connectivity index (χ1) is 15.0. The molecular formula is C24H20N2O5. The van der Waals surface area contributed by atoms with Gasteiger partial charge in [0.25, 0.3) is 5.56 Å². The summed E-state index contributed by atoms with van der Waals surface area (Å²) in [5, 5.41) is 5.83. The van der Waals surface area contributed by atoms with Crippen LogP contribution in [0.1, 0.15) is 40.5 Å². The summed E-state index contributed by atoms with van der Waals surface area (Å²) in [6, 6.07) is 12.1. The highest BCUT2D eigenvalue weighted by Gasteiger charge is 2.19. The summed E-state index contributed by atoms with van der Waals surface area (Å²) in [7, 11) is 0. The Morgan fingerprint density at radius 2 is 1.81 bits per heavy atom. The number of hydrogen-bond donors (Lipinski definition) is 0. The van der Waals surface area contributed by atoms with Crippen molar-refractivity contribution in [2.75, 3.05) is 0 Å². The van der Waals surface area contributed by atoms with E-state index in [9.17, 15) is 14.4 Å². The Morgan fingerprint density at radius 1 is 1.06 bits per heavy atom. The molecule has 7 heteroatoms. The average molecular weight is 416 g/mol. The highest BCUT2D eigenvalue weighted by atomic mass is 16.5. The zero-order valence-corrected chi connectivity index (χ0v) is 17.0. The lowest BCUT2D eigenvalue weighted by molar-refractivity contribution is 0.0466. The van der Waals surface area contributed by atoms with Crippen LogP contribution in [0, 0.1) is 0 Å². The van der Waals surface area contributed by atoms with E-state index in [4.69, 9.17) is 9.15 Å². The third-order valence-corrected chi connectivity index (χ3v) is 5.76. The molecule has 1 aliphatic carbocycles. The number of aromatic nitrogens is 2. The predicted molar refractivity (Wildman–Crippen MR) is 115 cm³/mol. The largest absolute Gasteiger partial charge is 0.456 e. The van der Waals surface area contributed by atoms with E-state index < -0.39 is 11.6 Å². The zero-order chi connectivity index (χ0) is 21.5. The van der Waals surface area contributed by atoms with E-state index in [1.807, 2.05) is 12.1 Å². The molecule has 2 heterocycles. The minimum absolute atomic E-state index is 0.0743. The van der Waals surface area contributed by atoms with E-state index in [1.165, 1.54) is 21.9 Å². The molecule has 0 fully saturated rings. The van der Waals surface area contributed by atoms with Gasteiger partial charge in [0, 0.05) is 28.9 Å². The topological polar surface area (TPSA) is 91.4 Å². The third-order valence-electron chi connectivity index (χ3n) is 5.76. The van der Waals surface area contributed by atoms with Gasteiger partial charge in [0.15, 0.2) is 5.69 Å². The SMILES string of the molecule is CCn1nc(C(=O)OCc2cc(=O)oc3cc4c(cc23)CCC4)c2ccccc2c1=O. The molecule has 1 aliphatic rings. The van der Waals surface area contributed by atoms with Crippen molar-refractivity contribution in [1.29, 1.82) is 0 Å². The summed E-state index contributed by atoms with van der Waals surface area (Å²) >= 11 is 0. The van der Waals surface area contributed by atoms with Gasteiger partial charge in [-0.3, -0.25) is 4.79 Å². The highest BCUT2D eigenvalue weighted by Crippen LogP contribution is 2.29. The molecular weight excluding hydrogens is 396 g/mol. The Bertz CT molecular complexity index is 1470. The van der Waals surface area contributed by atoms with Gasteiger partial charge in [0.05, 0.1) is 5.39 Å². The molecule has 0 bridgehead atoms. The maximum Gasteiger partial charge on any atom is 0.359 e. The molecule has 5 rings (SSSR count). The van der Waals surface area contributed by atoms with Crippen molar-refractivity contribution >= 4 is 27.7 Å². The van der Waals surface area contributed by atoms with Crippen LogP contribution in [0.25, 0.3) is 21.7 Å². The number of ether oxygens (including phenoxy) is 1. The maximum atomic E-state index is 12.9. The Kier molecular flexibility index (Phi) is 4.66. The summed E-state index contributed by atoms with van der Waals surface area (Å²) in [6.07, 6.45) is 3.03. The number of aryl methyl sites for hydroxylation is 3. The predicted octanol–water partition coefficient (Wildman–Crippen LogP) is 3.37. The van der Waals surface area contributed by atoms with Crippen LogP contribution in [0.2, 0.25) is 0 Å². The molecule has 0 saturated heterocycles. The quantitative estimate of drug-likeness (QED) is 0.374. The lowest BCUT2D eigenvalue weighted by Gasteiger charge is -2.11. The fourth-order valence-electron chi connectivity index (χ4n) is 4.23. The van der Waals surface area contributed by atoms with E-state index in [2.05, 4.69) is 5.10 Å². The number of fused-ring (bicyclic) bond motifs is 3. The van der Waals surface area contributed by atoms with Gasteiger partial charge in [-0.25, -0.2) is 14.3 Å². The van der Waals surface area contributed by atoms with Crippen molar-refractivity contribution in [2.45, 2.75) is 39.3 Å². The molecule has 0 radical (unpaired) electrons. The molecule has 4 aromatic rings. The van der Waals surface area contributed by atoms with Gasteiger partial charge in [0.1, 0.15) is 12.2 Å². The highest BCUT2D eigenvalue weighted by molar-refractivity contribution is 6.02.